The van der Waals surface area contributed by atoms with E-state index < -0.39 is 5.91 Å². The van der Waals surface area contributed by atoms with Gasteiger partial charge in [0.05, 0.1) is 10.2 Å². The average Bonchev–Trinajstić information content (AvgIpc) is 2.85. The largest absolute Gasteiger partial charge is 0.352 e. The molecule has 6 nitrogen and oxygen atoms in total. The quantitative estimate of drug-likeness (QED) is 0.853. The summed E-state index contributed by atoms with van der Waals surface area (Å²) in [5.74, 6) is -0.470. The number of amides is 1. The molecule has 23 heavy (non-hydrogen) atoms. The van der Waals surface area contributed by atoms with Crippen LogP contribution in [0.25, 0.3) is 11.6 Å². The minimum atomic E-state index is -0.470. The zero-order chi connectivity index (χ0) is 16.8. The highest BCUT2D eigenvalue weighted by atomic mass is 32.1. The minimum Gasteiger partial charge on any atom is -0.352 e. The molecule has 0 saturated carbocycles. The lowest BCUT2D eigenvalue weighted by Crippen LogP contribution is -2.34. The molecule has 1 N–H and O–H groups in total. The van der Waals surface area contributed by atoms with E-state index in [-0.39, 0.29) is 11.1 Å². The zero-order valence-corrected chi connectivity index (χ0v) is 13.7. The highest BCUT2D eigenvalue weighted by molar-refractivity contribution is 7.07. The SMILES string of the molecule is CCNC(=O)C(C#N)=c1sc(=Cc2ccccn2)c(=O)n1CC. The molecule has 0 aliphatic heterocycles. The molecule has 0 unspecified atom stereocenters. The van der Waals surface area contributed by atoms with Gasteiger partial charge in [0.2, 0.25) is 0 Å². The first-order valence-corrected chi connectivity index (χ1v) is 7.99. The van der Waals surface area contributed by atoms with Crippen LogP contribution in [0.1, 0.15) is 19.5 Å². The van der Waals surface area contributed by atoms with Crippen molar-refractivity contribution < 1.29 is 4.79 Å². The lowest BCUT2D eigenvalue weighted by atomic mass is 10.3. The predicted molar refractivity (Wildman–Crippen MR) is 89.0 cm³/mol. The molecule has 2 aromatic heterocycles. The van der Waals surface area contributed by atoms with E-state index in [4.69, 9.17) is 0 Å². The Hall–Kier alpha value is -2.72. The fourth-order valence-electron chi connectivity index (χ4n) is 2.03. The topological polar surface area (TPSA) is 87.8 Å². The molecule has 7 heteroatoms. The maximum Gasteiger partial charge on any atom is 0.269 e. The number of hydrogen-bond acceptors (Lipinski definition) is 5. The summed E-state index contributed by atoms with van der Waals surface area (Å²) in [6.45, 7) is 4.37. The summed E-state index contributed by atoms with van der Waals surface area (Å²) in [6.07, 6.45) is 3.30. The molecule has 2 rings (SSSR count). The van der Waals surface area contributed by atoms with Crippen LogP contribution in [0.4, 0.5) is 0 Å². The summed E-state index contributed by atoms with van der Waals surface area (Å²) in [7, 11) is 0. The van der Waals surface area contributed by atoms with E-state index in [2.05, 4.69) is 10.3 Å². The molecule has 0 radical (unpaired) electrons. The van der Waals surface area contributed by atoms with Crippen molar-refractivity contribution >= 4 is 28.9 Å². The monoisotopic (exact) mass is 328 g/mol. The molecular formula is C16H16N4O2S. The molecule has 0 aliphatic rings. The van der Waals surface area contributed by atoms with Crippen LogP contribution in [-0.4, -0.2) is 22.0 Å². The van der Waals surface area contributed by atoms with Gasteiger partial charge in [0.15, 0.2) is 5.57 Å². The molecule has 2 aromatic rings. The van der Waals surface area contributed by atoms with E-state index in [0.29, 0.717) is 28.0 Å². The van der Waals surface area contributed by atoms with E-state index in [9.17, 15) is 14.9 Å². The summed E-state index contributed by atoms with van der Waals surface area (Å²) in [4.78, 5) is 28.7. The van der Waals surface area contributed by atoms with Crippen LogP contribution in [0, 0.1) is 11.3 Å². The fourth-order valence-corrected chi connectivity index (χ4v) is 3.18. The van der Waals surface area contributed by atoms with Crippen LogP contribution >= 0.6 is 11.3 Å². The first-order valence-electron chi connectivity index (χ1n) is 7.17. The Morgan fingerprint density at radius 2 is 2.26 bits per heavy atom. The molecule has 0 fully saturated rings. The Morgan fingerprint density at radius 3 is 2.83 bits per heavy atom. The van der Waals surface area contributed by atoms with Gasteiger partial charge < -0.3 is 5.32 Å². The normalized spacial score (nSPS) is 12.7. The second kappa shape index (κ2) is 7.51. The van der Waals surface area contributed by atoms with Crippen LogP contribution in [0.15, 0.2) is 29.2 Å². The van der Waals surface area contributed by atoms with E-state index in [1.807, 2.05) is 12.1 Å². The van der Waals surface area contributed by atoms with Gasteiger partial charge in [-0.15, -0.1) is 11.3 Å². The molecule has 0 bridgehead atoms. The number of pyridine rings is 1. The molecule has 0 atom stereocenters. The number of carbonyl (C=O) groups excluding carboxylic acids is 1. The Kier molecular flexibility index (Phi) is 5.44. The first kappa shape index (κ1) is 16.6. The van der Waals surface area contributed by atoms with Crippen molar-refractivity contribution in [3.05, 3.63) is 49.6 Å². The average molecular weight is 328 g/mol. The van der Waals surface area contributed by atoms with Gasteiger partial charge in [-0.2, -0.15) is 5.26 Å². The van der Waals surface area contributed by atoms with Gasteiger partial charge in [0.25, 0.3) is 11.5 Å². The third kappa shape index (κ3) is 3.55. The predicted octanol–water partition coefficient (Wildman–Crippen LogP) is -0.0361. The number of thiazole rings is 1. The molecule has 2 heterocycles. The van der Waals surface area contributed by atoms with E-state index in [1.54, 1.807) is 38.3 Å². The summed E-state index contributed by atoms with van der Waals surface area (Å²) in [6, 6.07) is 7.31. The standard InChI is InChI=1S/C16H16N4O2S/c1-3-18-14(21)12(10-17)16-20(4-2)15(22)13(23-16)9-11-7-5-6-8-19-11/h5-9H,3-4H2,1-2H3,(H,18,21). The van der Waals surface area contributed by atoms with E-state index in [0.717, 1.165) is 11.3 Å². The van der Waals surface area contributed by atoms with Gasteiger partial charge in [-0.1, -0.05) is 6.07 Å². The third-order valence-corrected chi connectivity index (χ3v) is 4.21. The van der Waals surface area contributed by atoms with Crippen molar-refractivity contribution in [3.63, 3.8) is 0 Å². The number of nitriles is 1. The van der Waals surface area contributed by atoms with Gasteiger partial charge in [0, 0.05) is 19.3 Å². The number of hydrogen-bond donors (Lipinski definition) is 1. The molecule has 0 spiro atoms. The number of rotatable bonds is 4. The third-order valence-electron chi connectivity index (χ3n) is 3.08. The maximum atomic E-state index is 12.5. The van der Waals surface area contributed by atoms with Crippen molar-refractivity contribution in [2.24, 2.45) is 0 Å². The van der Waals surface area contributed by atoms with Crippen molar-refractivity contribution in [1.29, 1.82) is 5.26 Å². The van der Waals surface area contributed by atoms with Crippen LogP contribution in [-0.2, 0) is 11.3 Å². The Bertz CT molecular complexity index is 920. The van der Waals surface area contributed by atoms with E-state index >= 15 is 0 Å². The lowest BCUT2D eigenvalue weighted by molar-refractivity contribution is -0.115. The van der Waals surface area contributed by atoms with Crippen LogP contribution < -0.4 is 20.1 Å². The van der Waals surface area contributed by atoms with Gasteiger partial charge in [-0.05, 0) is 32.1 Å². The molecule has 0 aromatic carbocycles. The summed E-state index contributed by atoms with van der Waals surface area (Å²) < 4.78 is 2.25. The lowest BCUT2D eigenvalue weighted by Gasteiger charge is -2.00. The van der Waals surface area contributed by atoms with Crippen molar-refractivity contribution in [1.82, 2.24) is 14.9 Å². The first-order chi connectivity index (χ1) is 11.1. The van der Waals surface area contributed by atoms with Crippen molar-refractivity contribution in [3.8, 4) is 6.07 Å². The second-order valence-corrected chi connectivity index (χ2v) is 5.60. The summed E-state index contributed by atoms with van der Waals surface area (Å²) in [5, 5.41) is 11.9. The number of aromatic nitrogens is 2. The minimum absolute atomic E-state index is 0.0449. The maximum absolute atomic E-state index is 12.5. The molecule has 1 amide bonds. The van der Waals surface area contributed by atoms with Gasteiger partial charge in [0.1, 0.15) is 10.7 Å². The highest BCUT2D eigenvalue weighted by Crippen LogP contribution is 1.95. The number of nitrogens with zero attached hydrogens (tertiary/aromatic N) is 3. The Morgan fingerprint density at radius 1 is 1.48 bits per heavy atom. The van der Waals surface area contributed by atoms with Gasteiger partial charge in [-0.25, -0.2) is 0 Å². The van der Waals surface area contributed by atoms with Gasteiger partial charge in [-0.3, -0.25) is 19.1 Å². The number of nitrogens with one attached hydrogen (secondary N) is 1. The smallest absolute Gasteiger partial charge is 0.269 e. The Balaban J connectivity index is 2.75. The summed E-state index contributed by atoms with van der Waals surface area (Å²) >= 11 is 1.13. The van der Waals surface area contributed by atoms with Crippen LogP contribution in [0.3, 0.4) is 0 Å². The highest BCUT2D eigenvalue weighted by Gasteiger charge is 2.14. The Labute approximate surface area is 137 Å². The summed E-state index contributed by atoms with van der Waals surface area (Å²) in [5.41, 5.74) is 0.379. The second-order valence-electron chi connectivity index (χ2n) is 4.57. The zero-order valence-electron chi connectivity index (χ0n) is 12.9. The van der Waals surface area contributed by atoms with Crippen LogP contribution in [0.5, 0.6) is 0 Å². The van der Waals surface area contributed by atoms with Crippen molar-refractivity contribution in [2.45, 2.75) is 20.4 Å². The van der Waals surface area contributed by atoms with Gasteiger partial charge >= 0.3 is 0 Å². The molecular weight excluding hydrogens is 312 g/mol. The van der Waals surface area contributed by atoms with Crippen molar-refractivity contribution in [2.75, 3.05) is 6.54 Å². The van der Waals surface area contributed by atoms with Crippen LogP contribution in [0.2, 0.25) is 0 Å². The molecule has 0 saturated heterocycles. The van der Waals surface area contributed by atoms with E-state index in [1.165, 1.54) is 4.57 Å². The molecule has 118 valence electrons. The fraction of sp³-hybridized carbons (Fsp3) is 0.250. The number of carbonyl (C=O) groups is 1. The molecule has 0 aliphatic carbocycles.